The molecule has 1 aromatic carbocycles. The number of nitrogens with zero attached hydrogens (tertiary/aromatic N) is 1. The van der Waals surface area contributed by atoms with E-state index < -0.39 is 0 Å². The van der Waals surface area contributed by atoms with Gasteiger partial charge in [0.25, 0.3) is 0 Å². The summed E-state index contributed by atoms with van der Waals surface area (Å²) in [6, 6.07) is 6.49. The molecule has 0 amide bonds. The fourth-order valence-corrected chi connectivity index (χ4v) is 2.70. The molecule has 1 aliphatic heterocycles. The van der Waals surface area contributed by atoms with Crippen molar-refractivity contribution in [3.05, 3.63) is 41.2 Å². The first-order valence-corrected chi connectivity index (χ1v) is 6.64. The zero-order valence-corrected chi connectivity index (χ0v) is 11.5. The van der Waals surface area contributed by atoms with E-state index in [0.29, 0.717) is 5.92 Å². The normalized spacial score (nSPS) is 18.4. The van der Waals surface area contributed by atoms with Crippen molar-refractivity contribution in [2.75, 3.05) is 24.5 Å². The lowest BCUT2D eigenvalue weighted by Gasteiger charge is -2.28. The SMILES string of the molecule is CCN(C[C@H]1C=C(N)NC1)c1c(C)cccc1C. The molecule has 98 valence electrons. The molecule has 18 heavy (non-hydrogen) atoms. The number of hydrogen-bond donors (Lipinski definition) is 2. The van der Waals surface area contributed by atoms with Crippen LogP contribution >= 0.6 is 0 Å². The van der Waals surface area contributed by atoms with Crippen LogP contribution in [0.15, 0.2) is 30.1 Å². The van der Waals surface area contributed by atoms with Crippen LogP contribution in [-0.4, -0.2) is 19.6 Å². The van der Waals surface area contributed by atoms with Gasteiger partial charge in [-0.2, -0.15) is 0 Å². The lowest BCUT2D eigenvalue weighted by atomic mass is 10.1. The van der Waals surface area contributed by atoms with Gasteiger partial charge in [0, 0.05) is 31.2 Å². The van der Waals surface area contributed by atoms with Crippen LogP contribution in [0.1, 0.15) is 18.1 Å². The van der Waals surface area contributed by atoms with Gasteiger partial charge in [-0.05, 0) is 38.0 Å². The molecule has 0 spiro atoms. The molecule has 2 rings (SSSR count). The summed E-state index contributed by atoms with van der Waals surface area (Å²) in [5.74, 6) is 1.32. The largest absolute Gasteiger partial charge is 0.386 e. The number of para-hydroxylation sites is 1. The molecule has 0 saturated carbocycles. The molecule has 0 radical (unpaired) electrons. The molecule has 1 heterocycles. The van der Waals surface area contributed by atoms with E-state index in [1.165, 1.54) is 16.8 Å². The number of benzene rings is 1. The van der Waals surface area contributed by atoms with E-state index in [0.717, 1.165) is 25.5 Å². The maximum absolute atomic E-state index is 5.77. The Morgan fingerprint density at radius 2 is 2.00 bits per heavy atom. The van der Waals surface area contributed by atoms with E-state index in [1.807, 2.05) is 0 Å². The molecule has 1 atom stereocenters. The van der Waals surface area contributed by atoms with Crippen LogP contribution < -0.4 is 16.0 Å². The van der Waals surface area contributed by atoms with Crippen LogP contribution in [-0.2, 0) is 0 Å². The van der Waals surface area contributed by atoms with Crippen molar-refractivity contribution >= 4 is 5.69 Å². The van der Waals surface area contributed by atoms with Crippen molar-refractivity contribution in [1.82, 2.24) is 5.32 Å². The van der Waals surface area contributed by atoms with Gasteiger partial charge in [-0.25, -0.2) is 0 Å². The van der Waals surface area contributed by atoms with Crippen LogP contribution in [0.25, 0.3) is 0 Å². The van der Waals surface area contributed by atoms with Gasteiger partial charge in [-0.3, -0.25) is 0 Å². The van der Waals surface area contributed by atoms with E-state index in [1.54, 1.807) is 0 Å². The summed E-state index contributed by atoms with van der Waals surface area (Å²) >= 11 is 0. The summed E-state index contributed by atoms with van der Waals surface area (Å²) in [5.41, 5.74) is 9.84. The van der Waals surface area contributed by atoms with Crippen LogP contribution in [0.3, 0.4) is 0 Å². The average Bonchev–Trinajstić information content (AvgIpc) is 2.73. The first kappa shape index (κ1) is 12.8. The molecule has 0 fully saturated rings. The predicted molar refractivity (Wildman–Crippen MR) is 77.6 cm³/mol. The average molecular weight is 245 g/mol. The van der Waals surface area contributed by atoms with Gasteiger partial charge in [-0.1, -0.05) is 18.2 Å². The molecule has 3 nitrogen and oxygen atoms in total. The molecule has 1 aliphatic rings. The van der Waals surface area contributed by atoms with Gasteiger partial charge in [-0.15, -0.1) is 0 Å². The quantitative estimate of drug-likeness (QED) is 0.854. The van der Waals surface area contributed by atoms with Crippen molar-refractivity contribution in [2.45, 2.75) is 20.8 Å². The molecule has 3 heteroatoms. The van der Waals surface area contributed by atoms with Crippen molar-refractivity contribution in [1.29, 1.82) is 0 Å². The first-order chi connectivity index (χ1) is 8.61. The molecule has 1 aromatic rings. The zero-order valence-electron chi connectivity index (χ0n) is 11.5. The minimum absolute atomic E-state index is 0.504. The lowest BCUT2D eigenvalue weighted by Crippen LogP contribution is -2.31. The highest BCUT2D eigenvalue weighted by Crippen LogP contribution is 2.25. The molecule has 0 saturated heterocycles. The summed E-state index contributed by atoms with van der Waals surface area (Å²) < 4.78 is 0. The van der Waals surface area contributed by atoms with Crippen LogP contribution in [0, 0.1) is 19.8 Å². The third kappa shape index (κ3) is 2.61. The molecule has 0 aromatic heterocycles. The third-order valence-corrected chi connectivity index (χ3v) is 3.58. The summed E-state index contributed by atoms with van der Waals surface area (Å²) in [7, 11) is 0. The Balaban J connectivity index is 2.18. The van der Waals surface area contributed by atoms with Crippen molar-refractivity contribution in [3.63, 3.8) is 0 Å². The van der Waals surface area contributed by atoms with Crippen molar-refractivity contribution in [2.24, 2.45) is 11.7 Å². The Labute approximate surface area is 110 Å². The first-order valence-electron chi connectivity index (χ1n) is 6.64. The number of rotatable bonds is 4. The zero-order chi connectivity index (χ0) is 13.1. The van der Waals surface area contributed by atoms with Crippen molar-refractivity contribution in [3.8, 4) is 0 Å². The number of anilines is 1. The fraction of sp³-hybridized carbons (Fsp3) is 0.467. The summed E-state index contributed by atoms with van der Waals surface area (Å²) in [6.45, 7) is 9.57. The molecule has 0 unspecified atom stereocenters. The maximum Gasteiger partial charge on any atom is 0.0923 e. The van der Waals surface area contributed by atoms with Crippen molar-refractivity contribution < 1.29 is 0 Å². The highest BCUT2D eigenvalue weighted by atomic mass is 15.1. The number of nitrogens with two attached hydrogens (primary N) is 1. The van der Waals surface area contributed by atoms with E-state index in [4.69, 9.17) is 5.73 Å². The van der Waals surface area contributed by atoms with Gasteiger partial charge >= 0.3 is 0 Å². The van der Waals surface area contributed by atoms with Gasteiger partial charge in [0.05, 0.1) is 5.82 Å². The Morgan fingerprint density at radius 1 is 1.33 bits per heavy atom. The van der Waals surface area contributed by atoms with Gasteiger partial charge in [0.1, 0.15) is 0 Å². The maximum atomic E-state index is 5.77. The Morgan fingerprint density at radius 3 is 2.50 bits per heavy atom. The minimum Gasteiger partial charge on any atom is -0.386 e. The summed E-state index contributed by atoms with van der Waals surface area (Å²) in [5, 5.41) is 3.19. The van der Waals surface area contributed by atoms with E-state index in [9.17, 15) is 0 Å². The number of nitrogens with one attached hydrogen (secondary N) is 1. The van der Waals surface area contributed by atoms with Crippen LogP contribution in [0.5, 0.6) is 0 Å². The molecule has 0 bridgehead atoms. The summed E-state index contributed by atoms with van der Waals surface area (Å²) in [4.78, 5) is 2.45. The van der Waals surface area contributed by atoms with E-state index >= 15 is 0 Å². The lowest BCUT2D eigenvalue weighted by molar-refractivity contribution is 0.622. The number of hydrogen-bond acceptors (Lipinski definition) is 3. The van der Waals surface area contributed by atoms with Gasteiger partial charge in [0.2, 0.25) is 0 Å². The Bertz CT molecular complexity index is 431. The highest BCUT2D eigenvalue weighted by molar-refractivity contribution is 5.59. The molecular weight excluding hydrogens is 222 g/mol. The smallest absolute Gasteiger partial charge is 0.0923 e. The monoisotopic (exact) mass is 245 g/mol. The standard InChI is InChI=1S/C15H23N3/c1-4-18(10-13-8-14(16)17-9-13)15-11(2)6-5-7-12(15)3/h5-8,13,17H,4,9-10,16H2,1-3H3/t13-/m0/s1. The molecular formula is C15H23N3. The second-order valence-electron chi connectivity index (χ2n) is 5.04. The fourth-order valence-electron chi connectivity index (χ4n) is 2.70. The van der Waals surface area contributed by atoms with E-state index in [2.05, 4.69) is 55.3 Å². The third-order valence-electron chi connectivity index (χ3n) is 3.58. The summed E-state index contributed by atoms with van der Waals surface area (Å²) in [6.07, 6.45) is 2.14. The second-order valence-corrected chi connectivity index (χ2v) is 5.04. The van der Waals surface area contributed by atoms with Crippen LogP contribution in [0.2, 0.25) is 0 Å². The highest BCUT2D eigenvalue weighted by Gasteiger charge is 2.18. The topological polar surface area (TPSA) is 41.3 Å². The second kappa shape index (κ2) is 5.34. The van der Waals surface area contributed by atoms with E-state index in [-0.39, 0.29) is 0 Å². The van der Waals surface area contributed by atoms with Gasteiger partial charge in [0.15, 0.2) is 0 Å². The van der Waals surface area contributed by atoms with Gasteiger partial charge < -0.3 is 16.0 Å². The minimum atomic E-state index is 0.504. The predicted octanol–water partition coefficient (Wildman–Crippen LogP) is 2.15. The Kier molecular flexibility index (Phi) is 3.80. The molecule has 3 N–H and O–H groups in total. The Hall–Kier alpha value is -1.64. The van der Waals surface area contributed by atoms with Crippen LogP contribution in [0.4, 0.5) is 5.69 Å². The number of aryl methyl sites for hydroxylation is 2. The molecule has 0 aliphatic carbocycles.